The Balaban J connectivity index is 1.42. The summed E-state index contributed by atoms with van der Waals surface area (Å²) in [5, 5.41) is 3.49. The molecule has 0 saturated carbocycles. The van der Waals surface area contributed by atoms with Crippen molar-refractivity contribution < 1.29 is 0 Å². The molecule has 1 aromatic heterocycles. The summed E-state index contributed by atoms with van der Waals surface area (Å²) in [6.07, 6.45) is 4.91. The second-order valence-corrected chi connectivity index (χ2v) is 5.33. The molecule has 0 radical (unpaired) electrons. The molecule has 1 N–H and O–H groups in total. The molecule has 1 aliphatic heterocycles. The molecular formula is C17H21N3. The summed E-state index contributed by atoms with van der Waals surface area (Å²) in [5.41, 5.74) is 4.26. The molecular weight excluding hydrogens is 246 g/mol. The first kappa shape index (κ1) is 13.3. The highest BCUT2D eigenvalue weighted by atomic mass is 15.1. The van der Waals surface area contributed by atoms with E-state index in [0.717, 1.165) is 26.2 Å². The van der Waals surface area contributed by atoms with E-state index in [1.807, 2.05) is 18.5 Å². The summed E-state index contributed by atoms with van der Waals surface area (Å²) in [4.78, 5) is 6.65. The molecule has 2 heterocycles. The van der Waals surface area contributed by atoms with E-state index in [2.05, 4.69) is 45.5 Å². The smallest absolute Gasteiger partial charge is 0.0312 e. The summed E-state index contributed by atoms with van der Waals surface area (Å²) < 4.78 is 0. The zero-order valence-corrected chi connectivity index (χ0v) is 11.8. The van der Waals surface area contributed by atoms with Gasteiger partial charge < -0.3 is 5.32 Å². The predicted molar refractivity (Wildman–Crippen MR) is 81.4 cm³/mol. The van der Waals surface area contributed by atoms with Crippen LogP contribution in [0.1, 0.15) is 16.7 Å². The number of benzene rings is 1. The lowest BCUT2D eigenvalue weighted by molar-refractivity contribution is 0.254. The van der Waals surface area contributed by atoms with Gasteiger partial charge in [0.1, 0.15) is 0 Å². The van der Waals surface area contributed by atoms with Crippen LogP contribution in [-0.2, 0) is 19.5 Å². The summed E-state index contributed by atoms with van der Waals surface area (Å²) in [5.74, 6) is 0. The largest absolute Gasteiger partial charge is 0.311 e. The van der Waals surface area contributed by atoms with Crippen LogP contribution >= 0.6 is 0 Å². The number of nitrogens with zero attached hydrogens (tertiary/aromatic N) is 2. The van der Waals surface area contributed by atoms with Gasteiger partial charge in [-0.2, -0.15) is 0 Å². The monoisotopic (exact) mass is 267 g/mol. The van der Waals surface area contributed by atoms with Crippen molar-refractivity contribution in [3.8, 4) is 0 Å². The van der Waals surface area contributed by atoms with Crippen LogP contribution in [0, 0.1) is 0 Å². The SMILES string of the molecule is c1cncc(CNCCN2CCc3ccccc3C2)c1. The zero-order valence-electron chi connectivity index (χ0n) is 11.8. The summed E-state index contributed by atoms with van der Waals surface area (Å²) in [6, 6.07) is 12.9. The van der Waals surface area contributed by atoms with Crippen molar-refractivity contribution in [3.63, 3.8) is 0 Å². The van der Waals surface area contributed by atoms with E-state index in [-0.39, 0.29) is 0 Å². The van der Waals surface area contributed by atoms with Crippen LogP contribution in [0.3, 0.4) is 0 Å². The first-order valence-electron chi connectivity index (χ1n) is 7.30. The first-order valence-corrected chi connectivity index (χ1v) is 7.30. The molecule has 1 aliphatic rings. The fourth-order valence-corrected chi connectivity index (χ4v) is 2.72. The van der Waals surface area contributed by atoms with Gasteiger partial charge in [-0.05, 0) is 29.2 Å². The Hall–Kier alpha value is -1.71. The van der Waals surface area contributed by atoms with E-state index in [1.165, 1.54) is 29.7 Å². The highest BCUT2D eigenvalue weighted by molar-refractivity contribution is 5.29. The molecule has 0 unspecified atom stereocenters. The third-order valence-electron chi connectivity index (χ3n) is 3.87. The molecule has 0 aliphatic carbocycles. The molecule has 104 valence electrons. The molecule has 3 nitrogen and oxygen atoms in total. The Morgan fingerprint density at radius 2 is 2.00 bits per heavy atom. The Morgan fingerprint density at radius 3 is 2.85 bits per heavy atom. The standard InChI is InChI=1S/C17H21N3/c1-2-6-17-14-20(10-7-16(17)5-1)11-9-19-13-15-4-3-8-18-12-15/h1-6,8,12,19H,7,9-11,13-14H2. The lowest BCUT2D eigenvalue weighted by Crippen LogP contribution is -2.35. The normalized spacial score (nSPS) is 15.0. The second kappa shape index (κ2) is 6.64. The minimum atomic E-state index is 0.901. The van der Waals surface area contributed by atoms with Gasteiger partial charge in [-0.25, -0.2) is 0 Å². The number of hydrogen-bond acceptors (Lipinski definition) is 3. The van der Waals surface area contributed by atoms with Gasteiger partial charge in [0.25, 0.3) is 0 Å². The molecule has 0 saturated heterocycles. The maximum absolute atomic E-state index is 4.13. The van der Waals surface area contributed by atoms with Crippen LogP contribution in [0.2, 0.25) is 0 Å². The van der Waals surface area contributed by atoms with Crippen LogP contribution in [0.15, 0.2) is 48.8 Å². The van der Waals surface area contributed by atoms with E-state index >= 15 is 0 Å². The van der Waals surface area contributed by atoms with Gasteiger partial charge in [0, 0.05) is 45.1 Å². The lowest BCUT2D eigenvalue weighted by Gasteiger charge is -2.28. The highest BCUT2D eigenvalue weighted by Gasteiger charge is 2.14. The fraction of sp³-hybridized carbons (Fsp3) is 0.353. The molecule has 3 rings (SSSR count). The van der Waals surface area contributed by atoms with Crippen molar-refractivity contribution in [1.82, 2.24) is 15.2 Å². The number of pyridine rings is 1. The summed E-state index contributed by atoms with van der Waals surface area (Å²) in [7, 11) is 0. The van der Waals surface area contributed by atoms with Crippen LogP contribution in [0.5, 0.6) is 0 Å². The van der Waals surface area contributed by atoms with Gasteiger partial charge in [0.15, 0.2) is 0 Å². The minimum Gasteiger partial charge on any atom is -0.311 e. The Morgan fingerprint density at radius 1 is 1.10 bits per heavy atom. The van der Waals surface area contributed by atoms with Gasteiger partial charge >= 0.3 is 0 Å². The second-order valence-electron chi connectivity index (χ2n) is 5.33. The highest BCUT2D eigenvalue weighted by Crippen LogP contribution is 2.17. The molecule has 3 heteroatoms. The van der Waals surface area contributed by atoms with E-state index < -0.39 is 0 Å². The van der Waals surface area contributed by atoms with Crippen molar-refractivity contribution in [1.29, 1.82) is 0 Å². The van der Waals surface area contributed by atoms with Crippen LogP contribution in [-0.4, -0.2) is 29.5 Å². The average molecular weight is 267 g/mol. The third-order valence-corrected chi connectivity index (χ3v) is 3.87. The number of fused-ring (bicyclic) bond motifs is 1. The zero-order chi connectivity index (χ0) is 13.6. The first-order chi connectivity index (χ1) is 9.92. The number of rotatable bonds is 5. The average Bonchev–Trinajstić information content (AvgIpc) is 2.52. The molecule has 20 heavy (non-hydrogen) atoms. The van der Waals surface area contributed by atoms with E-state index in [0.29, 0.717) is 0 Å². The van der Waals surface area contributed by atoms with Gasteiger partial charge in [-0.15, -0.1) is 0 Å². The van der Waals surface area contributed by atoms with Crippen molar-refractivity contribution in [2.75, 3.05) is 19.6 Å². The quantitative estimate of drug-likeness (QED) is 0.842. The number of aromatic nitrogens is 1. The van der Waals surface area contributed by atoms with Crippen LogP contribution in [0.25, 0.3) is 0 Å². The molecule has 2 aromatic rings. The molecule has 0 bridgehead atoms. The molecule has 0 fully saturated rings. The Kier molecular flexibility index (Phi) is 4.41. The van der Waals surface area contributed by atoms with Gasteiger partial charge in [-0.3, -0.25) is 9.88 Å². The molecule has 1 aromatic carbocycles. The maximum atomic E-state index is 4.13. The molecule has 0 spiro atoms. The topological polar surface area (TPSA) is 28.2 Å². The Bertz CT molecular complexity index is 539. The number of nitrogens with one attached hydrogen (secondary N) is 1. The van der Waals surface area contributed by atoms with Crippen molar-refractivity contribution >= 4 is 0 Å². The fourth-order valence-electron chi connectivity index (χ4n) is 2.72. The third kappa shape index (κ3) is 3.44. The van der Waals surface area contributed by atoms with E-state index in [9.17, 15) is 0 Å². The van der Waals surface area contributed by atoms with Crippen LogP contribution in [0.4, 0.5) is 0 Å². The van der Waals surface area contributed by atoms with E-state index in [1.54, 1.807) is 0 Å². The molecule has 0 atom stereocenters. The minimum absolute atomic E-state index is 0.901. The summed E-state index contributed by atoms with van der Waals surface area (Å²) in [6.45, 7) is 5.29. The van der Waals surface area contributed by atoms with Gasteiger partial charge in [0.05, 0.1) is 0 Å². The van der Waals surface area contributed by atoms with Crippen LogP contribution < -0.4 is 5.32 Å². The van der Waals surface area contributed by atoms with Gasteiger partial charge in [-0.1, -0.05) is 30.3 Å². The maximum Gasteiger partial charge on any atom is 0.0312 e. The lowest BCUT2D eigenvalue weighted by atomic mass is 10.00. The summed E-state index contributed by atoms with van der Waals surface area (Å²) >= 11 is 0. The van der Waals surface area contributed by atoms with Crippen molar-refractivity contribution in [2.24, 2.45) is 0 Å². The number of hydrogen-bond donors (Lipinski definition) is 1. The molecule has 0 amide bonds. The van der Waals surface area contributed by atoms with Crippen molar-refractivity contribution in [2.45, 2.75) is 19.5 Å². The van der Waals surface area contributed by atoms with Crippen molar-refractivity contribution in [3.05, 3.63) is 65.5 Å². The predicted octanol–water partition coefficient (Wildman–Crippen LogP) is 2.23. The Labute approximate surface area is 120 Å². The van der Waals surface area contributed by atoms with E-state index in [4.69, 9.17) is 0 Å². The van der Waals surface area contributed by atoms with Gasteiger partial charge in [0.2, 0.25) is 0 Å².